The van der Waals surface area contributed by atoms with Gasteiger partial charge in [-0.2, -0.15) is 0 Å². The predicted molar refractivity (Wildman–Crippen MR) is 150 cm³/mol. The first-order chi connectivity index (χ1) is 18.7. The number of benzene rings is 4. The first-order valence-electron chi connectivity index (χ1n) is 12.5. The average molecular weight is 551 g/mol. The van der Waals surface area contributed by atoms with E-state index in [2.05, 4.69) is 29.6 Å². The molecule has 0 aliphatic heterocycles. The largest absolute Gasteiger partial charge is 0.493 e. The van der Waals surface area contributed by atoms with Gasteiger partial charge >= 0.3 is 0 Å². The van der Waals surface area contributed by atoms with Crippen molar-refractivity contribution in [3.05, 3.63) is 96.3 Å². The number of fused-ring (bicyclic) bond motifs is 1. The van der Waals surface area contributed by atoms with Crippen molar-refractivity contribution in [2.24, 2.45) is 5.92 Å². The van der Waals surface area contributed by atoms with E-state index in [9.17, 15) is 17.6 Å². The third-order valence-corrected chi connectivity index (χ3v) is 8.21. The van der Waals surface area contributed by atoms with E-state index in [1.165, 1.54) is 55.5 Å². The lowest BCUT2D eigenvalue weighted by Gasteiger charge is -2.25. The quantitative estimate of drug-likeness (QED) is 0.278. The Morgan fingerprint density at radius 1 is 0.923 bits per heavy atom. The molecule has 1 unspecified atom stereocenters. The topological polar surface area (TPSA) is 84.9 Å². The summed E-state index contributed by atoms with van der Waals surface area (Å²) < 4.78 is 52.4. The number of hydrogen-bond acceptors (Lipinski definition) is 5. The molecular weight excluding hydrogens is 519 g/mol. The number of nitrogens with zero attached hydrogens (tertiary/aromatic N) is 1. The van der Waals surface area contributed by atoms with Crippen LogP contribution in [0.5, 0.6) is 11.5 Å². The smallest absolute Gasteiger partial charge is 0.264 e. The second-order valence-corrected chi connectivity index (χ2v) is 11.1. The Balaban J connectivity index is 1.51. The third-order valence-electron chi connectivity index (χ3n) is 6.44. The first kappa shape index (κ1) is 27.9. The molecule has 0 radical (unpaired) electrons. The Labute approximate surface area is 228 Å². The Hall–Kier alpha value is -4.11. The molecule has 0 aromatic heterocycles. The fourth-order valence-electron chi connectivity index (χ4n) is 4.42. The summed E-state index contributed by atoms with van der Waals surface area (Å²) in [4.78, 5) is 12.9. The molecule has 0 aliphatic carbocycles. The highest BCUT2D eigenvalue weighted by molar-refractivity contribution is 7.92. The number of anilines is 1. The summed E-state index contributed by atoms with van der Waals surface area (Å²) in [5.74, 6) is -0.310. The molecule has 39 heavy (non-hydrogen) atoms. The number of rotatable bonds is 11. The van der Waals surface area contributed by atoms with Crippen molar-refractivity contribution >= 4 is 32.4 Å². The van der Waals surface area contributed by atoms with Gasteiger partial charge in [-0.3, -0.25) is 9.10 Å². The summed E-state index contributed by atoms with van der Waals surface area (Å²) in [6, 6.07) is 23.4. The SMILES string of the molecule is COc1ccc(S(=O)(=O)N(CC(=O)NCC(C)Cc2cccc3ccccc23)c2ccc(F)cc2)cc1OC. The molecule has 0 fully saturated rings. The lowest BCUT2D eigenvalue weighted by atomic mass is 9.96. The van der Waals surface area contributed by atoms with Gasteiger partial charge in [-0.1, -0.05) is 49.4 Å². The van der Waals surface area contributed by atoms with E-state index in [4.69, 9.17) is 9.47 Å². The number of carbonyl (C=O) groups excluding carboxylic acids is 1. The lowest BCUT2D eigenvalue weighted by Crippen LogP contribution is -2.42. The number of methoxy groups -OCH3 is 2. The normalized spacial score (nSPS) is 12.1. The van der Waals surface area contributed by atoms with E-state index in [-0.39, 0.29) is 22.3 Å². The average Bonchev–Trinajstić information content (AvgIpc) is 2.95. The molecule has 0 saturated carbocycles. The van der Waals surface area contributed by atoms with Crippen molar-refractivity contribution in [3.63, 3.8) is 0 Å². The second kappa shape index (κ2) is 12.2. The highest BCUT2D eigenvalue weighted by Crippen LogP contribution is 2.32. The summed E-state index contributed by atoms with van der Waals surface area (Å²) >= 11 is 0. The Bertz CT molecular complexity index is 1550. The standard InChI is InChI=1S/C30H31FN2O5S/c1-21(17-23-9-6-8-22-7-4-5-10-27(22)23)19-32-30(34)20-33(25-13-11-24(31)12-14-25)39(35,36)26-15-16-28(37-2)29(18-26)38-3/h4-16,18,21H,17,19-20H2,1-3H3,(H,32,34). The molecule has 4 rings (SSSR count). The summed E-state index contributed by atoms with van der Waals surface area (Å²) in [6.45, 7) is 1.90. The van der Waals surface area contributed by atoms with Crippen LogP contribution in [0.4, 0.5) is 10.1 Å². The molecule has 0 heterocycles. The van der Waals surface area contributed by atoms with Crippen LogP contribution in [0.2, 0.25) is 0 Å². The number of carbonyl (C=O) groups is 1. The molecule has 0 bridgehead atoms. The zero-order valence-corrected chi connectivity index (χ0v) is 22.9. The Morgan fingerprint density at radius 2 is 1.62 bits per heavy atom. The third kappa shape index (κ3) is 6.49. The summed E-state index contributed by atoms with van der Waals surface area (Å²) in [6.07, 6.45) is 0.743. The molecule has 1 amide bonds. The minimum atomic E-state index is -4.22. The van der Waals surface area contributed by atoms with Gasteiger partial charge in [0.05, 0.1) is 24.8 Å². The number of nitrogens with one attached hydrogen (secondary N) is 1. The predicted octanol–water partition coefficient (Wildman–Crippen LogP) is 5.19. The second-order valence-electron chi connectivity index (χ2n) is 9.26. The van der Waals surface area contributed by atoms with Crippen molar-refractivity contribution in [1.82, 2.24) is 5.32 Å². The van der Waals surface area contributed by atoms with E-state index < -0.39 is 28.3 Å². The molecule has 1 atom stereocenters. The molecule has 0 aliphatic rings. The fourth-order valence-corrected chi connectivity index (χ4v) is 5.86. The van der Waals surface area contributed by atoms with Gasteiger partial charge in [0.2, 0.25) is 5.91 Å². The van der Waals surface area contributed by atoms with Gasteiger partial charge < -0.3 is 14.8 Å². The number of sulfonamides is 1. The lowest BCUT2D eigenvalue weighted by molar-refractivity contribution is -0.119. The van der Waals surface area contributed by atoms with Crippen molar-refractivity contribution in [3.8, 4) is 11.5 Å². The molecule has 9 heteroatoms. The minimum Gasteiger partial charge on any atom is -0.493 e. The van der Waals surface area contributed by atoms with E-state index >= 15 is 0 Å². The highest BCUT2D eigenvalue weighted by Gasteiger charge is 2.28. The van der Waals surface area contributed by atoms with Gasteiger partial charge in [0.15, 0.2) is 11.5 Å². The van der Waals surface area contributed by atoms with E-state index in [1.54, 1.807) is 0 Å². The van der Waals surface area contributed by atoms with E-state index in [0.717, 1.165) is 28.2 Å². The maximum atomic E-state index is 13.7. The molecular formula is C30H31FN2O5S. The monoisotopic (exact) mass is 550 g/mol. The maximum absolute atomic E-state index is 13.7. The van der Waals surface area contributed by atoms with Crippen molar-refractivity contribution in [1.29, 1.82) is 0 Å². The van der Waals surface area contributed by atoms with Gasteiger partial charge in [-0.15, -0.1) is 0 Å². The van der Waals surface area contributed by atoms with Crippen LogP contribution in [0, 0.1) is 11.7 Å². The molecule has 0 spiro atoms. The number of halogens is 1. The molecule has 1 N–H and O–H groups in total. The highest BCUT2D eigenvalue weighted by atomic mass is 32.2. The van der Waals surface area contributed by atoms with Crippen LogP contribution >= 0.6 is 0 Å². The van der Waals surface area contributed by atoms with Crippen molar-refractivity contribution < 1.29 is 27.1 Å². The minimum absolute atomic E-state index is 0.0957. The summed E-state index contributed by atoms with van der Waals surface area (Å²) in [5, 5.41) is 5.19. The molecule has 7 nitrogen and oxygen atoms in total. The number of amides is 1. The zero-order valence-electron chi connectivity index (χ0n) is 22.1. The van der Waals surface area contributed by atoms with E-state index in [1.807, 2.05) is 25.1 Å². The van der Waals surface area contributed by atoms with Crippen LogP contribution in [0.1, 0.15) is 12.5 Å². The Kier molecular flexibility index (Phi) is 8.71. The van der Waals surface area contributed by atoms with E-state index in [0.29, 0.717) is 12.3 Å². The Morgan fingerprint density at radius 3 is 2.33 bits per heavy atom. The van der Waals surface area contributed by atoms with Crippen molar-refractivity contribution in [2.75, 3.05) is 31.6 Å². The molecule has 0 saturated heterocycles. The van der Waals surface area contributed by atoms with Crippen LogP contribution in [-0.2, 0) is 21.2 Å². The summed E-state index contributed by atoms with van der Waals surface area (Å²) in [7, 11) is -1.37. The van der Waals surface area contributed by atoms with Gasteiger partial charge in [-0.25, -0.2) is 12.8 Å². The fraction of sp³-hybridized carbons (Fsp3) is 0.233. The van der Waals surface area contributed by atoms with Crippen molar-refractivity contribution in [2.45, 2.75) is 18.2 Å². The van der Waals surface area contributed by atoms with Gasteiger partial charge in [0.1, 0.15) is 12.4 Å². The van der Waals surface area contributed by atoms with Crippen LogP contribution in [-0.4, -0.2) is 41.6 Å². The van der Waals surface area contributed by atoms with Gasteiger partial charge in [-0.05, 0) is 65.1 Å². The van der Waals surface area contributed by atoms with Gasteiger partial charge in [0, 0.05) is 12.6 Å². The number of ether oxygens (including phenoxy) is 2. The molecule has 204 valence electrons. The maximum Gasteiger partial charge on any atom is 0.264 e. The summed E-state index contributed by atoms with van der Waals surface area (Å²) in [5.41, 5.74) is 1.34. The van der Waals surface area contributed by atoms with Crippen LogP contribution in [0.3, 0.4) is 0 Å². The zero-order chi connectivity index (χ0) is 28.0. The number of hydrogen-bond donors (Lipinski definition) is 1. The van der Waals surface area contributed by atoms with Crippen LogP contribution in [0.25, 0.3) is 10.8 Å². The molecule has 4 aromatic carbocycles. The van der Waals surface area contributed by atoms with Gasteiger partial charge in [0.25, 0.3) is 10.0 Å². The van der Waals surface area contributed by atoms with Crippen LogP contribution in [0.15, 0.2) is 89.8 Å². The first-order valence-corrected chi connectivity index (χ1v) is 13.9. The van der Waals surface area contributed by atoms with Crippen LogP contribution < -0.4 is 19.1 Å². The molecule has 4 aromatic rings.